The monoisotopic (exact) mass is 315 g/mol. The fourth-order valence-electron chi connectivity index (χ4n) is 2.11. The summed E-state index contributed by atoms with van der Waals surface area (Å²) in [5.41, 5.74) is -0.193. The van der Waals surface area contributed by atoms with Gasteiger partial charge in [0, 0.05) is 6.42 Å². The van der Waals surface area contributed by atoms with E-state index in [0.29, 0.717) is 0 Å². The highest BCUT2D eigenvalue weighted by molar-refractivity contribution is 5.50. The molecule has 2 heterocycles. The molecule has 0 saturated heterocycles. The van der Waals surface area contributed by atoms with Crippen LogP contribution in [0.25, 0.3) is 11.5 Å². The molecular weight excluding hydrogens is 304 g/mol. The summed E-state index contributed by atoms with van der Waals surface area (Å²) < 4.78 is 26.5. The number of pyridine rings is 1. The highest BCUT2D eigenvalue weighted by atomic mass is 19.1. The van der Waals surface area contributed by atoms with Crippen LogP contribution < -0.4 is 5.56 Å². The third kappa shape index (κ3) is 3.08. The number of nitrogens with one attached hydrogen (secondary N) is 1. The zero-order valence-corrected chi connectivity index (χ0v) is 11.8. The lowest BCUT2D eigenvalue weighted by molar-refractivity contribution is 0.444. The maximum atomic E-state index is 13.7. The Kier molecular flexibility index (Phi) is 3.84. The average Bonchev–Trinajstić information content (AvgIpc) is 2.53. The lowest BCUT2D eigenvalue weighted by atomic mass is 10.1. The summed E-state index contributed by atoms with van der Waals surface area (Å²) in [6, 6.07) is 8.43. The van der Waals surface area contributed by atoms with Crippen molar-refractivity contribution in [1.82, 2.24) is 15.0 Å². The van der Waals surface area contributed by atoms with Crippen molar-refractivity contribution in [2.75, 3.05) is 0 Å². The number of aromatic amines is 1. The van der Waals surface area contributed by atoms with E-state index >= 15 is 0 Å². The molecule has 0 bridgehead atoms. The van der Waals surface area contributed by atoms with Gasteiger partial charge in [-0.2, -0.15) is 4.98 Å². The lowest BCUT2D eigenvalue weighted by Gasteiger charge is -2.06. The molecule has 0 spiro atoms. The maximum absolute atomic E-state index is 13.7. The second-order valence-electron chi connectivity index (χ2n) is 4.85. The first-order valence-electron chi connectivity index (χ1n) is 6.72. The summed E-state index contributed by atoms with van der Waals surface area (Å²) in [6.45, 7) is 0. The van der Waals surface area contributed by atoms with Crippen LogP contribution in [0.15, 0.2) is 47.4 Å². The number of nitrogens with zero attached hydrogens (tertiary/aromatic N) is 2. The Hall–Kier alpha value is -3.09. The van der Waals surface area contributed by atoms with Gasteiger partial charge in [0.2, 0.25) is 5.88 Å². The van der Waals surface area contributed by atoms with Gasteiger partial charge in [0.1, 0.15) is 17.3 Å². The topological polar surface area (TPSA) is 78.9 Å². The molecule has 0 atom stereocenters. The summed E-state index contributed by atoms with van der Waals surface area (Å²) >= 11 is 0. The molecule has 3 aromatic rings. The molecule has 0 amide bonds. The van der Waals surface area contributed by atoms with Gasteiger partial charge in [-0.25, -0.2) is 13.8 Å². The number of aromatic nitrogens is 3. The number of hydrogen-bond donors (Lipinski definition) is 2. The Morgan fingerprint density at radius 3 is 2.57 bits per heavy atom. The van der Waals surface area contributed by atoms with Crippen LogP contribution in [0.1, 0.15) is 11.1 Å². The molecule has 0 unspecified atom stereocenters. The second kappa shape index (κ2) is 5.96. The van der Waals surface area contributed by atoms with Gasteiger partial charge in [0.05, 0.1) is 11.8 Å². The Bertz CT molecular complexity index is 908. The molecule has 0 aliphatic rings. The van der Waals surface area contributed by atoms with Crippen molar-refractivity contribution in [1.29, 1.82) is 0 Å². The van der Waals surface area contributed by atoms with Gasteiger partial charge in [-0.15, -0.1) is 0 Å². The number of H-pyrrole nitrogens is 1. The molecule has 7 heteroatoms. The molecule has 0 aliphatic carbocycles. The Balaban J connectivity index is 2.00. The molecule has 3 rings (SSSR count). The van der Waals surface area contributed by atoms with E-state index in [9.17, 15) is 18.7 Å². The Morgan fingerprint density at radius 1 is 1.13 bits per heavy atom. The second-order valence-corrected chi connectivity index (χ2v) is 4.85. The zero-order chi connectivity index (χ0) is 16.4. The quantitative estimate of drug-likeness (QED) is 0.778. The van der Waals surface area contributed by atoms with Crippen LogP contribution in [0.5, 0.6) is 5.88 Å². The smallest absolute Gasteiger partial charge is 0.258 e. The molecular formula is C16H11F2N3O2. The number of halogens is 2. The van der Waals surface area contributed by atoms with E-state index in [1.165, 1.54) is 24.3 Å². The molecule has 23 heavy (non-hydrogen) atoms. The third-order valence-electron chi connectivity index (χ3n) is 3.29. The van der Waals surface area contributed by atoms with E-state index in [2.05, 4.69) is 15.0 Å². The summed E-state index contributed by atoms with van der Waals surface area (Å²) in [7, 11) is 0. The van der Waals surface area contributed by atoms with Crippen LogP contribution in [-0.4, -0.2) is 20.1 Å². The average molecular weight is 315 g/mol. The van der Waals surface area contributed by atoms with E-state index in [1.807, 2.05) is 0 Å². The standard InChI is InChI=1S/C16H11F2N3O2/c17-10-5-6-13(19-8-10)14-20-15(22)11(16(23)21-14)7-9-3-1-2-4-12(9)18/h1-6,8H,7H2,(H2,20,21,22,23). The van der Waals surface area contributed by atoms with Crippen molar-refractivity contribution >= 4 is 0 Å². The van der Waals surface area contributed by atoms with Crippen molar-refractivity contribution in [2.24, 2.45) is 0 Å². The summed E-state index contributed by atoms with van der Waals surface area (Å²) in [5, 5.41) is 9.98. The van der Waals surface area contributed by atoms with Gasteiger partial charge >= 0.3 is 0 Å². The van der Waals surface area contributed by atoms with Crippen molar-refractivity contribution in [3.63, 3.8) is 0 Å². The number of rotatable bonds is 3. The normalized spacial score (nSPS) is 10.7. The summed E-state index contributed by atoms with van der Waals surface area (Å²) in [4.78, 5) is 22.2. The van der Waals surface area contributed by atoms with E-state index in [0.717, 1.165) is 12.3 Å². The fraction of sp³-hybridized carbons (Fsp3) is 0.0625. The third-order valence-corrected chi connectivity index (χ3v) is 3.29. The SMILES string of the molecule is O=c1[nH]c(-c2ccc(F)cn2)nc(O)c1Cc1ccccc1F. The molecule has 0 aliphatic heterocycles. The minimum absolute atomic E-state index is 0.00443. The minimum atomic E-state index is -0.609. The van der Waals surface area contributed by atoms with E-state index in [1.54, 1.807) is 6.07 Å². The molecule has 2 N–H and O–H groups in total. The van der Waals surface area contributed by atoms with Gasteiger partial charge in [-0.1, -0.05) is 18.2 Å². The minimum Gasteiger partial charge on any atom is -0.493 e. The van der Waals surface area contributed by atoms with E-state index in [-0.39, 0.29) is 29.1 Å². The maximum Gasteiger partial charge on any atom is 0.258 e. The Labute approximate surface area is 129 Å². The van der Waals surface area contributed by atoms with Crippen molar-refractivity contribution in [2.45, 2.75) is 6.42 Å². The molecule has 0 radical (unpaired) electrons. The molecule has 0 fully saturated rings. The van der Waals surface area contributed by atoms with Crippen LogP contribution in [0.4, 0.5) is 8.78 Å². The number of hydrogen-bond acceptors (Lipinski definition) is 4. The lowest BCUT2D eigenvalue weighted by Crippen LogP contribution is -2.16. The van der Waals surface area contributed by atoms with Crippen LogP contribution >= 0.6 is 0 Å². The van der Waals surface area contributed by atoms with Crippen LogP contribution in [0.3, 0.4) is 0 Å². The molecule has 1 aromatic carbocycles. The molecule has 0 saturated carbocycles. The highest BCUT2D eigenvalue weighted by Gasteiger charge is 2.14. The van der Waals surface area contributed by atoms with Crippen molar-refractivity contribution in [3.05, 3.63) is 75.7 Å². The first kappa shape index (κ1) is 14.8. The Morgan fingerprint density at radius 2 is 1.91 bits per heavy atom. The fourth-order valence-corrected chi connectivity index (χ4v) is 2.11. The van der Waals surface area contributed by atoms with E-state index in [4.69, 9.17) is 0 Å². The van der Waals surface area contributed by atoms with Gasteiger partial charge in [0.25, 0.3) is 5.56 Å². The van der Waals surface area contributed by atoms with Gasteiger partial charge in [-0.3, -0.25) is 4.79 Å². The molecule has 5 nitrogen and oxygen atoms in total. The van der Waals surface area contributed by atoms with Crippen molar-refractivity contribution in [3.8, 4) is 17.4 Å². The van der Waals surface area contributed by atoms with E-state index < -0.39 is 23.1 Å². The van der Waals surface area contributed by atoms with Gasteiger partial charge in [0.15, 0.2) is 5.82 Å². The molecule has 116 valence electrons. The van der Waals surface area contributed by atoms with Crippen LogP contribution in [0.2, 0.25) is 0 Å². The highest BCUT2D eigenvalue weighted by Crippen LogP contribution is 2.19. The number of benzene rings is 1. The van der Waals surface area contributed by atoms with Gasteiger partial charge in [-0.05, 0) is 23.8 Å². The van der Waals surface area contributed by atoms with Gasteiger partial charge < -0.3 is 10.1 Å². The summed E-state index contributed by atoms with van der Waals surface area (Å²) in [5.74, 6) is -1.52. The van der Waals surface area contributed by atoms with Crippen LogP contribution in [0, 0.1) is 11.6 Å². The summed E-state index contributed by atoms with van der Waals surface area (Å²) in [6.07, 6.45) is 0.873. The first-order valence-corrected chi connectivity index (χ1v) is 6.72. The molecule has 2 aromatic heterocycles. The predicted molar refractivity (Wildman–Crippen MR) is 78.9 cm³/mol. The first-order chi connectivity index (χ1) is 11.0. The number of aromatic hydroxyl groups is 1. The largest absolute Gasteiger partial charge is 0.493 e. The predicted octanol–water partition coefficient (Wildman–Crippen LogP) is 2.41. The van der Waals surface area contributed by atoms with Crippen LogP contribution in [-0.2, 0) is 6.42 Å². The van der Waals surface area contributed by atoms with Crippen molar-refractivity contribution < 1.29 is 13.9 Å². The zero-order valence-electron chi connectivity index (χ0n) is 11.8.